The van der Waals surface area contributed by atoms with Gasteiger partial charge in [-0.05, 0) is 29.3 Å². The van der Waals surface area contributed by atoms with E-state index in [2.05, 4.69) is 9.97 Å². The Morgan fingerprint density at radius 1 is 1.00 bits per heavy atom. The van der Waals surface area contributed by atoms with Gasteiger partial charge in [-0.15, -0.1) is 0 Å². The summed E-state index contributed by atoms with van der Waals surface area (Å²) in [6.45, 7) is 0.262. The van der Waals surface area contributed by atoms with Gasteiger partial charge in [0.25, 0.3) is 0 Å². The lowest BCUT2D eigenvalue weighted by Crippen LogP contribution is -2.31. The minimum absolute atomic E-state index is 0.0636. The zero-order chi connectivity index (χ0) is 19.5. The van der Waals surface area contributed by atoms with Crippen LogP contribution < -0.4 is 4.90 Å². The van der Waals surface area contributed by atoms with Gasteiger partial charge < -0.3 is 0 Å². The summed E-state index contributed by atoms with van der Waals surface area (Å²) in [6.07, 6.45) is 3.46. The van der Waals surface area contributed by atoms with Crippen LogP contribution in [-0.2, 0) is 17.8 Å². The molecule has 4 aromatic rings. The molecule has 0 atom stereocenters. The minimum atomic E-state index is -0.739. The van der Waals surface area contributed by atoms with E-state index in [1.165, 1.54) is 11.0 Å². The van der Waals surface area contributed by atoms with E-state index in [-0.39, 0.29) is 24.4 Å². The molecule has 140 valence electrons. The molecule has 0 N–H and O–H groups in total. The zero-order valence-corrected chi connectivity index (χ0v) is 15.5. The summed E-state index contributed by atoms with van der Waals surface area (Å²) in [5, 5.41) is 0.331. The predicted molar refractivity (Wildman–Crippen MR) is 105 cm³/mol. The molecule has 2 aromatic heterocycles. The summed E-state index contributed by atoms with van der Waals surface area (Å²) in [5.74, 6) is -1.59. The molecule has 2 heterocycles. The van der Waals surface area contributed by atoms with E-state index in [1.54, 1.807) is 24.5 Å². The first-order chi connectivity index (χ1) is 13.6. The molecule has 1 amide bonds. The monoisotopic (exact) mass is 395 g/mol. The summed E-state index contributed by atoms with van der Waals surface area (Å²) in [6, 6.07) is 15.0. The molecule has 7 heteroatoms. The van der Waals surface area contributed by atoms with Crippen LogP contribution in [-0.4, -0.2) is 15.9 Å². The number of nitrogens with zero attached hydrogens (tertiary/aromatic N) is 3. The van der Waals surface area contributed by atoms with Gasteiger partial charge in [0.2, 0.25) is 5.91 Å². The number of hydrogen-bond acceptors (Lipinski definition) is 4. The molecule has 28 heavy (non-hydrogen) atoms. The molecule has 0 aliphatic carbocycles. The number of thiazole rings is 1. The highest BCUT2D eigenvalue weighted by atomic mass is 32.1. The number of benzene rings is 2. The molecule has 2 aromatic carbocycles. The summed E-state index contributed by atoms with van der Waals surface area (Å²) in [7, 11) is 0. The topological polar surface area (TPSA) is 46.1 Å². The molecule has 4 rings (SSSR count). The maximum Gasteiger partial charge on any atom is 0.233 e. The van der Waals surface area contributed by atoms with E-state index in [9.17, 15) is 13.6 Å². The smallest absolute Gasteiger partial charge is 0.233 e. The number of fused-ring (bicyclic) bond motifs is 1. The average Bonchev–Trinajstić information content (AvgIpc) is 3.11. The Morgan fingerprint density at radius 2 is 1.75 bits per heavy atom. The van der Waals surface area contributed by atoms with Gasteiger partial charge in [-0.1, -0.05) is 41.7 Å². The number of hydrogen-bond donors (Lipinski definition) is 0. The lowest BCUT2D eigenvalue weighted by Gasteiger charge is -2.20. The molecule has 4 nitrogen and oxygen atoms in total. The number of rotatable bonds is 5. The van der Waals surface area contributed by atoms with Crippen molar-refractivity contribution in [2.24, 2.45) is 0 Å². The zero-order valence-electron chi connectivity index (χ0n) is 14.7. The number of carbonyl (C=O) groups excluding carboxylic acids is 1. The van der Waals surface area contributed by atoms with Crippen molar-refractivity contribution >= 4 is 32.6 Å². The second-order valence-corrected chi connectivity index (χ2v) is 7.24. The van der Waals surface area contributed by atoms with Crippen LogP contribution in [0.2, 0.25) is 0 Å². The second-order valence-electron chi connectivity index (χ2n) is 6.23. The first kappa shape index (κ1) is 18.2. The Hall–Kier alpha value is -3.19. The van der Waals surface area contributed by atoms with E-state index in [0.717, 1.165) is 28.5 Å². The number of carbonyl (C=O) groups is 1. The van der Waals surface area contributed by atoms with Gasteiger partial charge in [0, 0.05) is 18.5 Å². The molecule has 0 fully saturated rings. The third kappa shape index (κ3) is 3.89. The highest BCUT2D eigenvalue weighted by Gasteiger charge is 2.22. The number of anilines is 1. The summed E-state index contributed by atoms with van der Waals surface area (Å²) < 4.78 is 28.0. The maximum absolute atomic E-state index is 14.1. The molecule has 0 bridgehead atoms. The molecular formula is C21H15F2N3OS. The highest BCUT2D eigenvalue weighted by molar-refractivity contribution is 7.22. The summed E-state index contributed by atoms with van der Waals surface area (Å²) >= 11 is 1.09. The number of pyridine rings is 1. The van der Waals surface area contributed by atoms with Crippen LogP contribution >= 0.6 is 11.3 Å². The number of halogens is 2. The molecule has 0 aliphatic heterocycles. The Kier molecular flexibility index (Phi) is 5.08. The van der Waals surface area contributed by atoms with E-state index in [4.69, 9.17) is 0 Å². The van der Waals surface area contributed by atoms with Crippen LogP contribution in [0.3, 0.4) is 0 Å². The summed E-state index contributed by atoms with van der Waals surface area (Å²) in [4.78, 5) is 22.8. The highest BCUT2D eigenvalue weighted by Crippen LogP contribution is 2.32. The third-order valence-corrected chi connectivity index (χ3v) is 5.25. The van der Waals surface area contributed by atoms with Crippen molar-refractivity contribution in [2.75, 3.05) is 4.90 Å². The van der Waals surface area contributed by atoms with Crippen molar-refractivity contribution in [3.8, 4) is 0 Å². The Morgan fingerprint density at radius 3 is 2.50 bits per heavy atom. The number of aromatic nitrogens is 2. The fraction of sp³-hybridized carbons (Fsp3) is 0.0952. The molecule has 0 aliphatic rings. The van der Waals surface area contributed by atoms with Crippen LogP contribution in [0.4, 0.5) is 13.9 Å². The van der Waals surface area contributed by atoms with Crippen LogP contribution in [0.15, 0.2) is 67.0 Å². The lowest BCUT2D eigenvalue weighted by atomic mass is 10.1. The molecular weight excluding hydrogens is 380 g/mol. The van der Waals surface area contributed by atoms with Crippen molar-refractivity contribution in [1.82, 2.24) is 9.97 Å². The van der Waals surface area contributed by atoms with Crippen molar-refractivity contribution < 1.29 is 13.6 Å². The van der Waals surface area contributed by atoms with Crippen LogP contribution in [0.1, 0.15) is 11.1 Å². The molecule has 0 unspecified atom stereocenters. The Balaban J connectivity index is 1.72. The first-order valence-electron chi connectivity index (χ1n) is 8.59. The fourth-order valence-corrected chi connectivity index (χ4v) is 3.88. The molecule has 0 radical (unpaired) electrons. The van der Waals surface area contributed by atoms with Gasteiger partial charge in [0.05, 0.1) is 17.7 Å². The predicted octanol–water partition coefficient (Wildman–Crippen LogP) is 4.75. The van der Waals surface area contributed by atoms with Crippen molar-refractivity contribution in [1.29, 1.82) is 0 Å². The standard InChI is InChI=1S/C21H15F2N3OS/c22-16-11-17(23)20-18(12-16)28-21(25-20)26(13-15-6-8-24-9-7-15)19(27)10-14-4-2-1-3-5-14/h1-9,11-12H,10,13H2. The van der Waals surface area contributed by atoms with Crippen LogP contribution in [0.25, 0.3) is 10.2 Å². The largest absolute Gasteiger partial charge is 0.283 e. The minimum Gasteiger partial charge on any atom is -0.283 e. The van der Waals surface area contributed by atoms with Gasteiger partial charge in [-0.3, -0.25) is 14.7 Å². The molecule has 0 spiro atoms. The molecule has 0 saturated carbocycles. The van der Waals surface area contributed by atoms with E-state index in [0.29, 0.717) is 9.83 Å². The van der Waals surface area contributed by atoms with Gasteiger partial charge in [0.15, 0.2) is 10.9 Å². The Bertz CT molecular complexity index is 1120. The lowest BCUT2D eigenvalue weighted by molar-refractivity contribution is -0.118. The molecule has 0 saturated heterocycles. The quantitative estimate of drug-likeness (QED) is 0.490. The van der Waals surface area contributed by atoms with Crippen molar-refractivity contribution in [3.63, 3.8) is 0 Å². The third-order valence-electron chi connectivity index (χ3n) is 4.22. The van der Waals surface area contributed by atoms with Gasteiger partial charge in [-0.2, -0.15) is 0 Å². The van der Waals surface area contributed by atoms with Gasteiger partial charge in [0.1, 0.15) is 11.3 Å². The first-order valence-corrected chi connectivity index (χ1v) is 9.40. The fourth-order valence-electron chi connectivity index (χ4n) is 2.86. The van der Waals surface area contributed by atoms with E-state index < -0.39 is 11.6 Å². The van der Waals surface area contributed by atoms with Crippen molar-refractivity contribution in [2.45, 2.75) is 13.0 Å². The average molecular weight is 395 g/mol. The SMILES string of the molecule is O=C(Cc1ccccc1)N(Cc1ccncc1)c1nc2c(F)cc(F)cc2s1. The number of amides is 1. The van der Waals surface area contributed by atoms with Crippen molar-refractivity contribution in [3.05, 3.63) is 89.8 Å². The van der Waals surface area contributed by atoms with Gasteiger partial charge >= 0.3 is 0 Å². The van der Waals surface area contributed by atoms with Crippen LogP contribution in [0.5, 0.6) is 0 Å². The van der Waals surface area contributed by atoms with E-state index in [1.807, 2.05) is 30.3 Å². The van der Waals surface area contributed by atoms with E-state index >= 15 is 0 Å². The maximum atomic E-state index is 14.1. The van der Waals surface area contributed by atoms with Gasteiger partial charge in [-0.25, -0.2) is 13.8 Å². The Labute approximate surface area is 164 Å². The normalized spacial score (nSPS) is 10.9. The van der Waals surface area contributed by atoms with Crippen LogP contribution in [0, 0.1) is 11.6 Å². The second kappa shape index (κ2) is 7.82. The summed E-state index contributed by atoms with van der Waals surface area (Å²) in [5.41, 5.74) is 1.79.